The zero-order valence-corrected chi connectivity index (χ0v) is 14.6. The first kappa shape index (κ1) is 16.2. The first-order valence-electron chi connectivity index (χ1n) is 8.15. The average Bonchev–Trinajstić information content (AvgIpc) is 3.04. The van der Waals surface area contributed by atoms with Crippen molar-refractivity contribution in [2.24, 2.45) is 7.05 Å². The average molecular weight is 325 g/mol. The van der Waals surface area contributed by atoms with Crippen LogP contribution in [0.25, 0.3) is 11.0 Å². The number of aromatic nitrogens is 4. The van der Waals surface area contributed by atoms with Gasteiger partial charge in [0.1, 0.15) is 5.65 Å². The summed E-state index contributed by atoms with van der Waals surface area (Å²) in [4.78, 5) is 19.7. The monoisotopic (exact) mass is 325 g/mol. The summed E-state index contributed by atoms with van der Waals surface area (Å²) in [5.41, 5.74) is 5.17. The van der Waals surface area contributed by atoms with Crippen LogP contribution >= 0.6 is 0 Å². The van der Waals surface area contributed by atoms with Gasteiger partial charge in [0, 0.05) is 36.6 Å². The number of carbonyl (C=O) groups is 1. The van der Waals surface area contributed by atoms with E-state index in [9.17, 15) is 4.79 Å². The molecular weight excluding hydrogens is 302 g/mol. The summed E-state index contributed by atoms with van der Waals surface area (Å²) >= 11 is 0. The molecule has 0 aliphatic heterocycles. The van der Waals surface area contributed by atoms with Gasteiger partial charge < -0.3 is 10.3 Å². The Morgan fingerprint density at radius 2 is 2.21 bits per heavy atom. The molecule has 0 radical (unpaired) electrons. The lowest BCUT2D eigenvalue weighted by atomic mass is 10.0. The van der Waals surface area contributed by atoms with Gasteiger partial charge >= 0.3 is 0 Å². The lowest BCUT2D eigenvalue weighted by Gasteiger charge is -2.14. The van der Waals surface area contributed by atoms with Gasteiger partial charge in [0.2, 0.25) is 5.91 Å². The molecule has 3 aromatic rings. The van der Waals surface area contributed by atoms with Gasteiger partial charge in [0.15, 0.2) is 0 Å². The highest BCUT2D eigenvalue weighted by Gasteiger charge is 2.16. The van der Waals surface area contributed by atoms with Crippen LogP contribution in [0.15, 0.2) is 24.5 Å². The Kier molecular flexibility index (Phi) is 4.38. The van der Waals surface area contributed by atoms with Crippen molar-refractivity contribution in [3.8, 4) is 0 Å². The highest BCUT2D eigenvalue weighted by molar-refractivity contribution is 5.87. The van der Waals surface area contributed by atoms with E-state index in [0.29, 0.717) is 6.42 Å². The zero-order valence-electron chi connectivity index (χ0n) is 14.6. The third-order valence-electron chi connectivity index (χ3n) is 4.46. The second-order valence-electron chi connectivity index (χ2n) is 6.34. The molecule has 1 atom stereocenters. The Balaban J connectivity index is 1.64. The van der Waals surface area contributed by atoms with E-state index in [1.165, 1.54) is 5.56 Å². The van der Waals surface area contributed by atoms with E-state index in [-0.39, 0.29) is 11.9 Å². The predicted molar refractivity (Wildman–Crippen MR) is 93.8 cm³/mol. The van der Waals surface area contributed by atoms with E-state index in [1.54, 1.807) is 6.20 Å². The van der Waals surface area contributed by atoms with E-state index < -0.39 is 0 Å². The van der Waals surface area contributed by atoms with E-state index in [1.807, 2.05) is 43.9 Å². The number of rotatable bonds is 5. The minimum atomic E-state index is 0.0199. The molecule has 6 heteroatoms. The summed E-state index contributed by atoms with van der Waals surface area (Å²) in [7, 11) is 1.94. The Bertz CT molecular complexity index is 877. The summed E-state index contributed by atoms with van der Waals surface area (Å²) in [6.45, 7) is 6.10. The van der Waals surface area contributed by atoms with Crippen molar-refractivity contribution in [3.63, 3.8) is 0 Å². The number of aromatic amines is 1. The molecule has 24 heavy (non-hydrogen) atoms. The normalized spacial score (nSPS) is 12.5. The standard InChI is InChI=1S/C18H23N5O/c1-11(8-16-12(2)22-23(4)13(16)3)21-17(24)9-14-10-20-18-15(14)6-5-7-19-18/h5-7,10-11H,8-9H2,1-4H3,(H,19,20)(H,21,24)/t11-/m0/s1. The summed E-state index contributed by atoms with van der Waals surface area (Å²) in [5.74, 6) is 0.0199. The fraction of sp³-hybridized carbons (Fsp3) is 0.389. The maximum atomic E-state index is 12.4. The number of nitrogens with one attached hydrogen (secondary N) is 2. The molecule has 0 unspecified atom stereocenters. The third-order valence-corrected chi connectivity index (χ3v) is 4.46. The van der Waals surface area contributed by atoms with Gasteiger partial charge in [-0.05, 0) is 50.5 Å². The van der Waals surface area contributed by atoms with Crippen LogP contribution in [-0.4, -0.2) is 31.7 Å². The van der Waals surface area contributed by atoms with Crippen LogP contribution in [-0.2, 0) is 24.7 Å². The lowest BCUT2D eigenvalue weighted by molar-refractivity contribution is -0.121. The molecule has 0 spiro atoms. The van der Waals surface area contributed by atoms with Gasteiger partial charge in [-0.3, -0.25) is 9.48 Å². The number of H-pyrrole nitrogens is 1. The molecule has 126 valence electrons. The fourth-order valence-electron chi connectivity index (χ4n) is 3.13. The number of hydrogen-bond donors (Lipinski definition) is 2. The molecular formula is C18H23N5O. The van der Waals surface area contributed by atoms with Gasteiger partial charge in [-0.2, -0.15) is 5.10 Å². The molecule has 0 aliphatic carbocycles. The highest BCUT2D eigenvalue weighted by atomic mass is 16.1. The van der Waals surface area contributed by atoms with Crippen LogP contribution in [0.1, 0.15) is 29.4 Å². The number of carbonyl (C=O) groups excluding carboxylic acids is 1. The summed E-state index contributed by atoms with van der Waals surface area (Å²) in [6.07, 6.45) is 4.73. The second kappa shape index (κ2) is 6.47. The van der Waals surface area contributed by atoms with Crippen LogP contribution in [0, 0.1) is 13.8 Å². The van der Waals surface area contributed by atoms with Crippen LogP contribution < -0.4 is 5.32 Å². The fourth-order valence-corrected chi connectivity index (χ4v) is 3.13. The van der Waals surface area contributed by atoms with Crippen LogP contribution in [0.5, 0.6) is 0 Å². The van der Waals surface area contributed by atoms with Crippen molar-refractivity contribution in [1.29, 1.82) is 0 Å². The van der Waals surface area contributed by atoms with E-state index in [2.05, 4.69) is 27.3 Å². The maximum Gasteiger partial charge on any atom is 0.224 e. The SMILES string of the molecule is Cc1nn(C)c(C)c1C[C@H](C)NC(=O)Cc1c[nH]c2ncccc12. The number of fused-ring (bicyclic) bond motifs is 1. The molecule has 0 aromatic carbocycles. The first-order chi connectivity index (χ1) is 11.5. The third kappa shape index (κ3) is 3.18. The molecule has 3 heterocycles. The first-order valence-corrected chi connectivity index (χ1v) is 8.15. The lowest BCUT2D eigenvalue weighted by Crippen LogP contribution is -2.35. The smallest absolute Gasteiger partial charge is 0.224 e. The number of nitrogens with zero attached hydrogens (tertiary/aromatic N) is 3. The predicted octanol–water partition coefficient (Wildman–Crippen LogP) is 2.20. The Labute approximate surface area is 141 Å². The number of aryl methyl sites for hydroxylation is 2. The molecule has 0 saturated carbocycles. The minimum absolute atomic E-state index is 0.0199. The van der Waals surface area contributed by atoms with Crippen molar-refractivity contribution in [3.05, 3.63) is 47.0 Å². The maximum absolute atomic E-state index is 12.4. The molecule has 2 N–H and O–H groups in total. The second-order valence-corrected chi connectivity index (χ2v) is 6.34. The molecule has 0 fully saturated rings. The van der Waals surface area contributed by atoms with Gasteiger partial charge in [0.25, 0.3) is 0 Å². The van der Waals surface area contributed by atoms with Crippen molar-refractivity contribution < 1.29 is 4.79 Å². The van der Waals surface area contributed by atoms with Gasteiger partial charge in [-0.15, -0.1) is 0 Å². The number of pyridine rings is 1. The molecule has 0 saturated heterocycles. The number of hydrogen-bond acceptors (Lipinski definition) is 3. The van der Waals surface area contributed by atoms with E-state index >= 15 is 0 Å². The largest absolute Gasteiger partial charge is 0.353 e. The molecule has 3 rings (SSSR count). The van der Waals surface area contributed by atoms with Gasteiger partial charge in [-0.25, -0.2) is 4.98 Å². The zero-order chi connectivity index (χ0) is 17.3. The van der Waals surface area contributed by atoms with Crippen LogP contribution in [0.3, 0.4) is 0 Å². The Morgan fingerprint density at radius 3 is 2.92 bits per heavy atom. The van der Waals surface area contributed by atoms with Crippen molar-refractivity contribution in [2.75, 3.05) is 0 Å². The molecule has 0 bridgehead atoms. The minimum Gasteiger partial charge on any atom is -0.353 e. The topological polar surface area (TPSA) is 75.6 Å². The summed E-state index contributed by atoms with van der Waals surface area (Å²) in [6, 6.07) is 3.92. The number of amides is 1. The van der Waals surface area contributed by atoms with E-state index in [4.69, 9.17) is 0 Å². The summed E-state index contributed by atoms with van der Waals surface area (Å²) in [5, 5.41) is 8.51. The van der Waals surface area contributed by atoms with E-state index in [0.717, 1.165) is 34.4 Å². The van der Waals surface area contributed by atoms with Crippen molar-refractivity contribution in [1.82, 2.24) is 25.1 Å². The van der Waals surface area contributed by atoms with Crippen LogP contribution in [0.4, 0.5) is 0 Å². The van der Waals surface area contributed by atoms with Crippen LogP contribution in [0.2, 0.25) is 0 Å². The Morgan fingerprint density at radius 1 is 1.42 bits per heavy atom. The molecule has 6 nitrogen and oxygen atoms in total. The Hall–Kier alpha value is -2.63. The highest BCUT2D eigenvalue weighted by Crippen LogP contribution is 2.17. The van der Waals surface area contributed by atoms with Crippen molar-refractivity contribution >= 4 is 16.9 Å². The molecule has 0 aliphatic rings. The van der Waals surface area contributed by atoms with Gasteiger partial charge in [-0.1, -0.05) is 0 Å². The molecule has 1 amide bonds. The van der Waals surface area contributed by atoms with Crippen molar-refractivity contribution in [2.45, 2.75) is 39.7 Å². The van der Waals surface area contributed by atoms with Gasteiger partial charge in [0.05, 0.1) is 12.1 Å². The quantitative estimate of drug-likeness (QED) is 0.755. The summed E-state index contributed by atoms with van der Waals surface area (Å²) < 4.78 is 1.89. The molecule has 3 aromatic heterocycles.